The Hall–Kier alpha value is -3.35. The molecular formula is C18H20N6O. The van der Waals surface area contributed by atoms with Crippen molar-refractivity contribution in [3.8, 4) is 16.9 Å². The minimum Gasteiger partial charge on any atom is -0.383 e. The minimum atomic E-state index is -0.216. The summed E-state index contributed by atoms with van der Waals surface area (Å²) < 4.78 is 1.69. The molecule has 0 aliphatic carbocycles. The zero-order valence-electron chi connectivity index (χ0n) is 14.4. The van der Waals surface area contributed by atoms with Crippen LogP contribution in [-0.2, 0) is 0 Å². The highest BCUT2D eigenvalue weighted by Gasteiger charge is 2.18. The molecule has 2 aromatic heterocycles. The number of anilines is 2. The fourth-order valence-electron chi connectivity index (χ4n) is 2.65. The Bertz CT molecular complexity index is 917. The number of nitrogens with one attached hydrogen (secondary N) is 2. The van der Waals surface area contributed by atoms with Crippen molar-refractivity contribution < 1.29 is 4.79 Å². The van der Waals surface area contributed by atoms with Gasteiger partial charge < -0.3 is 16.4 Å². The molecule has 128 valence electrons. The summed E-state index contributed by atoms with van der Waals surface area (Å²) in [5, 5.41) is 10.2. The lowest BCUT2D eigenvalue weighted by Gasteiger charge is -2.08. The van der Waals surface area contributed by atoms with Crippen LogP contribution in [0.4, 0.5) is 11.6 Å². The monoisotopic (exact) mass is 336 g/mol. The van der Waals surface area contributed by atoms with E-state index in [2.05, 4.69) is 20.7 Å². The molecule has 2 heterocycles. The maximum absolute atomic E-state index is 12.1. The van der Waals surface area contributed by atoms with Crippen molar-refractivity contribution in [2.75, 3.05) is 25.1 Å². The van der Waals surface area contributed by atoms with Gasteiger partial charge in [0, 0.05) is 31.4 Å². The molecule has 1 aromatic carbocycles. The fraction of sp³-hybridized carbons (Fsp3) is 0.167. The normalized spacial score (nSPS) is 10.5. The van der Waals surface area contributed by atoms with Gasteiger partial charge in [-0.25, -0.2) is 9.67 Å². The van der Waals surface area contributed by atoms with Crippen molar-refractivity contribution in [2.45, 2.75) is 6.92 Å². The van der Waals surface area contributed by atoms with Crippen LogP contribution in [0.15, 0.2) is 42.6 Å². The molecular weight excluding hydrogens is 316 g/mol. The van der Waals surface area contributed by atoms with Crippen LogP contribution in [0.3, 0.4) is 0 Å². The average molecular weight is 336 g/mol. The van der Waals surface area contributed by atoms with E-state index in [1.54, 1.807) is 31.0 Å². The molecule has 0 atom stereocenters. The number of amides is 1. The zero-order valence-corrected chi connectivity index (χ0v) is 14.4. The van der Waals surface area contributed by atoms with Crippen molar-refractivity contribution in [3.05, 3.63) is 53.7 Å². The SMILES string of the molecule is CNC(=O)c1cc(-c2nn(-c3ccccc3)c(N)c2C)cnc1NC. The Kier molecular flexibility index (Phi) is 4.38. The van der Waals surface area contributed by atoms with Crippen LogP contribution in [0.1, 0.15) is 15.9 Å². The largest absolute Gasteiger partial charge is 0.383 e. The highest BCUT2D eigenvalue weighted by molar-refractivity contribution is 5.99. The van der Waals surface area contributed by atoms with Gasteiger partial charge in [0.25, 0.3) is 5.91 Å². The number of hydrogen-bond donors (Lipinski definition) is 3. The van der Waals surface area contributed by atoms with Crippen molar-refractivity contribution in [1.29, 1.82) is 0 Å². The summed E-state index contributed by atoms with van der Waals surface area (Å²) in [6, 6.07) is 11.4. The van der Waals surface area contributed by atoms with Crippen molar-refractivity contribution in [1.82, 2.24) is 20.1 Å². The third-order valence-corrected chi connectivity index (χ3v) is 4.04. The molecule has 7 heteroatoms. The van der Waals surface area contributed by atoms with Crippen molar-refractivity contribution in [2.24, 2.45) is 0 Å². The van der Waals surface area contributed by atoms with Gasteiger partial charge in [0.05, 0.1) is 16.9 Å². The quantitative estimate of drug-likeness (QED) is 0.679. The average Bonchev–Trinajstić information content (AvgIpc) is 2.96. The van der Waals surface area contributed by atoms with Crippen LogP contribution in [0.5, 0.6) is 0 Å². The first-order valence-electron chi connectivity index (χ1n) is 7.87. The molecule has 0 radical (unpaired) electrons. The van der Waals surface area contributed by atoms with Crippen LogP contribution < -0.4 is 16.4 Å². The van der Waals surface area contributed by atoms with Gasteiger partial charge in [-0.1, -0.05) is 18.2 Å². The maximum Gasteiger partial charge on any atom is 0.254 e. The van der Waals surface area contributed by atoms with Gasteiger partial charge >= 0.3 is 0 Å². The number of hydrogen-bond acceptors (Lipinski definition) is 5. The molecule has 0 spiro atoms. The summed E-state index contributed by atoms with van der Waals surface area (Å²) in [6.45, 7) is 1.91. The van der Waals surface area contributed by atoms with E-state index in [9.17, 15) is 4.79 Å². The standard InChI is InChI=1S/C18H20N6O/c1-11-15(23-24(16(11)19)13-7-5-4-6-8-13)12-9-14(18(25)21-3)17(20-2)22-10-12/h4-10H,19H2,1-3H3,(H,20,22)(H,21,25). The first-order valence-corrected chi connectivity index (χ1v) is 7.87. The number of nitrogen functional groups attached to an aromatic ring is 1. The molecule has 0 bridgehead atoms. The number of carbonyl (C=O) groups excluding carboxylic acids is 1. The first-order chi connectivity index (χ1) is 12.1. The number of nitrogens with zero attached hydrogens (tertiary/aromatic N) is 3. The van der Waals surface area contributed by atoms with E-state index < -0.39 is 0 Å². The van der Waals surface area contributed by atoms with Gasteiger partial charge in [-0.05, 0) is 25.1 Å². The lowest BCUT2D eigenvalue weighted by molar-refractivity contribution is 0.0963. The summed E-state index contributed by atoms with van der Waals surface area (Å²) in [5.41, 5.74) is 9.84. The van der Waals surface area contributed by atoms with Gasteiger partial charge in [0.15, 0.2) is 0 Å². The molecule has 0 fully saturated rings. The van der Waals surface area contributed by atoms with Gasteiger partial charge in [0.1, 0.15) is 11.6 Å². The van der Waals surface area contributed by atoms with Crippen LogP contribution in [0.2, 0.25) is 0 Å². The maximum atomic E-state index is 12.1. The highest BCUT2D eigenvalue weighted by atomic mass is 16.1. The molecule has 3 rings (SSSR count). The molecule has 4 N–H and O–H groups in total. The lowest BCUT2D eigenvalue weighted by Crippen LogP contribution is -2.20. The predicted molar refractivity (Wildman–Crippen MR) is 98.9 cm³/mol. The zero-order chi connectivity index (χ0) is 18.0. The molecule has 0 saturated carbocycles. The molecule has 1 amide bonds. The van der Waals surface area contributed by atoms with Gasteiger partial charge in [-0.2, -0.15) is 5.10 Å². The molecule has 0 aliphatic heterocycles. The van der Waals surface area contributed by atoms with Gasteiger partial charge in [-0.15, -0.1) is 0 Å². The van der Waals surface area contributed by atoms with E-state index in [-0.39, 0.29) is 5.91 Å². The van der Waals surface area contributed by atoms with Crippen molar-refractivity contribution >= 4 is 17.5 Å². The number of para-hydroxylation sites is 1. The second-order valence-electron chi connectivity index (χ2n) is 5.56. The number of pyridine rings is 1. The summed E-state index contributed by atoms with van der Waals surface area (Å²) in [6.07, 6.45) is 1.68. The Morgan fingerprint density at radius 3 is 2.56 bits per heavy atom. The molecule has 0 saturated heterocycles. The van der Waals surface area contributed by atoms with Crippen LogP contribution in [0.25, 0.3) is 16.9 Å². The predicted octanol–water partition coefficient (Wildman–Crippen LogP) is 2.23. The van der Waals surface area contributed by atoms with Crippen molar-refractivity contribution in [3.63, 3.8) is 0 Å². The second kappa shape index (κ2) is 6.64. The Morgan fingerprint density at radius 2 is 1.92 bits per heavy atom. The van der Waals surface area contributed by atoms with Gasteiger partial charge in [0.2, 0.25) is 0 Å². The first kappa shape index (κ1) is 16.5. The van der Waals surface area contributed by atoms with Crippen LogP contribution in [-0.4, -0.2) is 34.8 Å². The topological polar surface area (TPSA) is 97.9 Å². The number of rotatable bonds is 4. The summed E-state index contributed by atoms with van der Waals surface area (Å²) in [7, 11) is 3.31. The molecule has 0 aliphatic rings. The Labute approximate surface area is 145 Å². The third kappa shape index (κ3) is 2.91. The second-order valence-corrected chi connectivity index (χ2v) is 5.56. The molecule has 7 nitrogen and oxygen atoms in total. The smallest absolute Gasteiger partial charge is 0.254 e. The number of carbonyl (C=O) groups is 1. The number of aromatic nitrogens is 3. The molecule has 25 heavy (non-hydrogen) atoms. The number of benzene rings is 1. The molecule has 0 unspecified atom stereocenters. The Morgan fingerprint density at radius 1 is 1.20 bits per heavy atom. The minimum absolute atomic E-state index is 0.216. The fourth-order valence-corrected chi connectivity index (χ4v) is 2.65. The number of nitrogens with two attached hydrogens (primary N) is 1. The molecule has 3 aromatic rings. The third-order valence-electron chi connectivity index (χ3n) is 4.04. The van der Waals surface area contributed by atoms with E-state index >= 15 is 0 Å². The summed E-state index contributed by atoms with van der Waals surface area (Å²) >= 11 is 0. The van der Waals surface area contributed by atoms with Crippen LogP contribution >= 0.6 is 0 Å². The lowest BCUT2D eigenvalue weighted by atomic mass is 10.1. The highest BCUT2D eigenvalue weighted by Crippen LogP contribution is 2.29. The summed E-state index contributed by atoms with van der Waals surface area (Å²) in [5.74, 6) is 0.850. The van der Waals surface area contributed by atoms with E-state index in [4.69, 9.17) is 5.73 Å². The van der Waals surface area contributed by atoms with E-state index in [0.29, 0.717) is 22.9 Å². The van der Waals surface area contributed by atoms with Crippen LogP contribution in [0, 0.1) is 6.92 Å². The van der Waals surface area contributed by atoms with Gasteiger partial charge in [-0.3, -0.25) is 4.79 Å². The van der Waals surface area contributed by atoms with E-state index in [0.717, 1.165) is 16.8 Å². The van der Waals surface area contributed by atoms with E-state index in [1.807, 2.05) is 37.3 Å². The Balaban J connectivity index is 2.13. The summed E-state index contributed by atoms with van der Waals surface area (Å²) in [4.78, 5) is 16.4. The van der Waals surface area contributed by atoms with E-state index in [1.165, 1.54) is 0 Å².